The third kappa shape index (κ3) is 11.8. The topological polar surface area (TPSA) is 57.2 Å². The maximum atomic E-state index is 10.2. The maximum absolute atomic E-state index is 10.2. The molecule has 0 aromatic heterocycles. The Labute approximate surface area is 87.4 Å². The molecule has 1 unspecified atom stereocenters. The van der Waals surface area contributed by atoms with Gasteiger partial charge in [0.15, 0.2) is 0 Å². The number of Topliss-reactive ketones (excluding diaryl/α,β-unsaturated/α-hetero) is 1. The van der Waals surface area contributed by atoms with Crippen LogP contribution in [0, 0.1) is 0 Å². The van der Waals surface area contributed by atoms with E-state index in [1.807, 2.05) is 0 Å². The summed E-state index contributed by atoms with van der Waals surface area (Å²) in [5.41, 5.74) is 0. The van der Waals surface area contributed by atoms with Crippen LogP contribution in [0.15, 0.2) is 0 Å². The van der Waals surface area contributed by atoms with E-state index in [-0.39, 0.29) is 47.5 Å². The SMILES string of the molecule is CC(=O)CCS(=O)([O-])=S.[Na+]. The Kier molecular flexibility index (Phi) is 7.64. The van der Waals surface area contributed by atoms with Crippen molar-refractivity contribution in [1.29, 1.82) is 0 Å². The van der Waals surface area contributed by atoms with E-state index in [4.69, 9.17) is 0 Å². The quantitative estimate of drug-likeness (QED) is 0.441. The summed E-state index contributed by atoms with van der Waals surface area (Å²) in [7, 11) is -3.36. The fraction of sp³-hybridized carbons (Fsp3) is 0.750. The van der Waals surface area contributed by atoms with E-state index in [2.05, 4.69) is 11.2 Å². The Balaban J connectivity index is 0. The van der Waals surface area contributed by atoms with Crippen molar-refractivity contribution in [1.82, 2.24) is 0 Å². The Hall–Kier alpha value is 1.00. The van der Waals surface area contributed by atoms with E-state index in [0.29, 0.717) is 0 Å². The molecular weight excluding hydrogens is 183 g/mol. The van der Waals surface area contributed by atoms with E-state index in [1.165, 1.54) is 6.92 Å². The summed E-state index contributed by atoms with van der Waals surface area (Å²) < 4.78 is 20.4. The first kappa shape index (κ1) is 13.6. The van der Waals surface area contributed by atoms with Crippen LogP contribution in [0.2, 0.25) is 0 Å². The molecule has 0 aromatic rings. The summed E-state index contributed by atoms with van der Waals surface area (Å²) in [6, 6.07) is 0. The first-order valence-corrected chi connectivity index (χ1v) is 4.92. The van der Waals surface area contributed by atoms with Crippen LogP contribution < -0.4 is 29.6 Å². The van der Waals surface area contributed by atoms with Crippen molar-refractivity contribution < 1.29 is 43.1 Å². The average molecular weight is 190 g/mol. The van der Waals surface area contributed by atoms with Gasteiger partial charge in [-0.25, -0.2) is 0 Å². The van der Waals surface area contributed by atoms with Crippen LogP contribution in [0.5, 0.6) is 0 Å². The summed E-state index contributed by atoms with van der Waals surface area (Å²) in [4.78, 5) is 10.2. The van der Waals surface area contributed by atoms with E-state index in [1.54, 1.807) is 0 Å². The molecule has 54 valence electrons. The van der Waals surface area contributed by atoms with Crippen LogP contribution in [0.4, 0.5) is 0 Å². The minimum absolute atomic E-state index is 0. The molecule has 0 rings (SSSR count). The number of rotatable bonds is 3. The van der Waals surface area contributed by atoms with Gasteiger partial charge in [-0.1, -0.05) is 0 Å². The zero-order valence-corrected chi connectivity index (χ0v) is 9.59. The molecule has 0 saturated heterocycles. The van der Waals surface area contributed by atoms with Crippen molar-refractivity contribution in [3.8, 4) is 0 Å². The average Bonchev–Trinajstić information content (AvgIpc) is 1.59. The van der Waals surface area contributed by atoms with Crippen LogP contribution in [0.25, 0.3) is 0 Å². The largest absolute Gasteiger partial charge is 1.00 e. The third-order valence-corrected chi connectivity index (χ3v) is 1.91. The molecule has 0 N–H and O–H groups in total. The second-order valence-electron chi connectivity index (χ2n) is 1.71. The van der Waals surface area contributed by atoms with Gasteiger partial charge in [0.05, 0.1) is 0 Å². The molecule has 0 spiro atoms. The number of carbonyl (C=O) groups excluding carboxylic acids is 1. The molecule has 10 heavy (non-hydrogen) atoms. The molecule has 6 heteroatoms. The first-order chi connectivity index (χ1) is 3.92. The van der Waals surface area contributed by atoms with Gasteiger partial charge in [0.1, 0.15) is 5.78 Å². The Morgan fingerprint density at radius 3 is 2.20 bits per heavy atom. The molecule has 0 heterocycles. The van der Waals surface area contributed by atoms with E-state index < -0.39 is 8.77 Å². The van der Waals surface area contributed by atoms with Crippen LogP contribution in [0.1, 0.15) is 13.3 Å². The molecule has 0 amide bonds. The summed E-state index contributed by atoms with van der Waals surface area (Å²) in [6.45, 7) is 1.33. The maximum Gasteiger partial charge on any atom is 1.00 e. The molecule has 0 aliphatic rings. The van der Waals surface area contributed by atoms with Crippen molar-refractivity contribution in [2.45, 2.75) is 13.3 Å². The number of carbonyl (C=O) groups is 1. The fourth-order valence-corrected chi connectivity index (χ4v) is 1.06. The van der Waals surface area contributed by atoms with Crippen molar-refractivity contribution in [3.05, 3.63) is 0 Å². The van der Waals surface area contributed by atoms with E-state index in [0.717, 1.165) is 0 Å². The molecule has 0 aliphatic heterocycles. The van der Waals surface area contributed by atoms with Gasteiger partial charge >= 0.3 is 29.6 Å². The molecule has 0 bridgehead atoms. The molecule has 0 radical (unpaired) electrons. The Morgan fingerprint density at radius 1 is 1.70 bits per heavy atom. The molecule has 3 nitrogen and oxygen atoms in total. The summed E-state index contributed by atoms with van der Waals surface area (Å²) >= 11 is 4.02. The smallest absolute Gasteiger partial charge is 0.769 e. The normalized spacial score (nSPS) is 15.0. The van der Waals surface area contributed by atoms with Crippen LogP contribution in [-0.4, -0.2) is 20.3 Å². The standard InChI is InChI=1S/C4H8O3S2.Na/c1-4(5)2-3-9(6,7)8;/h2-3H2,1H3,(H,6,7,8);/q;+1/p-1. The van der Waals surface area contributed by atoms with Crippen molar-refractivity contribution >= 4 is 25.7 Å². The van der Waals surface area contributed by atoms with Gasteiger partial charge in [-0.3, -0.25) is 9.00 Å². The van der Waals surface area contributed by atoms with Gasteiger partial charge < -0.3 is 4.55 Å². The predicted molar refractivity (Wildman–Crippen MR) is 36.4 cm³/mol. The van der Waals surface area contributed by atoms with Crippen molar-refractivity contribution in [3.63, 3.8) is 0 Å². The second kappa shape index (κ2) is 5.62. The molecular formula is C4H7NaO3S2. The summed E-state index contributed by atoms with van der Waals surface area (Å²) in [5, 5.41) is 0. The van der Waals surface area contributed by atoms with Crippen LogP contribution in [-0.2, 0) is 24.8 Å². The molecule has 0 aromatic carbocycles. The zero-order valence-electron chi connectivity index (χ0n) is 5.96. The second-order valence-corrected chi connectivity index (χ2v) is 4.76. The van der Waals surface area contributed by atoms with Gasteiger partial charge in [0, 0.05) is 12.2 Å². The van der Waals surface area contributed by atoms with Gasteiger partial charge in [-0.15, -0.1) is 0 Å². The minimum Gasteiger partial charge on any atom is -0.769 e. The van der Waals surface area contributed by atoms with Gasteiger partial charge in [-0.05, 0) is 26.9 Å². The zero-order chi connectivity index (χ0) is 7.49. The summed E-state index contributed by atoms with van der Waals surface area (Å²) in [5.74, 6) is -0.360. The molecule has 0 fully saturated rings. The molecule has 1 atom stereocenters. The fourth-order valence-electron chi connectivity index (χ4n) is 0.269. The van der Waals surface area contributed by atoms with Crippen LogP contribution in [0.3, 0.4) is 0 Å². The van der Waals surface area contributed by atoms with E-state index in [9.17, 15) is 13.6 Å². The monoisotopic (exact) mass is 190 g/mol. The molecule has 0 saturated carbocycles. The number of hydrogen-bond acceptors (Lipinski definition) is 4. The van der Waals surface area contributed by atoms with Gasteiger partial charge in [0.25, 0.3) is 0 Å². The number of hydrogen-bond donors (Lipinski definition) is 0. The van der Waals surface area contributed by atoms with E-state index >= 15 is 0 Å². The Morgan fingerprint density at radius 2 is 2.10 bits per heavy atom. The summed E-state index contributed by atoms with van der Waals surface area (Å²) in [6.07, 6.45) is 0.0336. The van der Waals surface area contributed by atoms with Gasteiger partial charge in [-0.2, -0.15) is 0 Å². The Bertz CT molecular complexity index is 197. The van der Waals surface area contributed by atoms with Crippen molar-refractivity contribution in [2.75, 3.05) is 5.75 Å². The predicted octanol–water partition coefficient (Wildman–Crippen LogP) is -3.15. The molecule has 0 aliphatic carbocycles. The van der Waals surface area contributed by atoms with Crippen molar-refractivity contribution in [2.24, 2.45) is 0 Å². The van der Waals surface area contributed by atoms with Gasteiger partial charge in [0.2, 0.25) is 0 Å². The number of ketones is 1. The minimum atomic E-state index is -3.36. The first-order valence-electron chi connectivity index (χ1n) is 2.35. The third-order valence-electron chi connectivity index (χ3n) is 0.704. The van der Waals surface area contributed by atoms with Crippen LogP contribution >= 0.6 is 0 Å².